The van der Waals surface area contributed by atoms with Crippen LogP contribution in [0.4, 0.5) is 0 Å². The zero-order chi connectivity index (χ0) is 42.9. The van der Waals surface area contributed by atoms with E-state index in [1.807, 2.05) is 37.3 Å². The van der Waals surface area contributed by atoms with E-state index in [0.717, 1.165) is 32.7 Å². The van der Waals surface area contributed by atoms with Gasteiger partial charge in [-0.05, 0) is 85.8 Å². The van der Waals surface area contributed by atoms with Crippen molar-refractivity contribution in [3.8, 4) is 23.7 Å². The Hall–Kier alpha value is -3.77. The van der Waals surface area contributed by atoms with Gasteiger partial charge in [-0.1, -0.05) is 176 Å². The van der Waals surface area contributed by atoms with Gasteiger partial charge in [-0.2, -0.15) is 0 Å². The van der Waals surface area contributed by atoms with Gasteiger partial charge in [0.1, 0.15) is 11.2 Å². The second-order valence-electron chi connectivity index (χ2n) is 21.1. The molecule has 0 fully saturated rings. The fourth-order valence-electron chi connectivity index (χ4n) is 9.51. The molecule has 304 valence electrons. The molecule has 0 N–H and O–H groups in total. The molecule has 0 unspecified atom stereocenters. The van der Waals surface area contributed by atoms with E-state index in [1.165, 1.54) is 35.5 Å². The lowest BCUT2D eigenvalue weighted by molar-refractivity contribution is -0.116. The lowest BCUT2D eigenvalue weighted by atomic mass is 9.62. The topological polar surface area (TPSA) is 18.5 Å². The number of ether oxygens (including phenoxy) is 2. The van der Waals surface area contributed by atoms with Crippen molar-refractivity contribution in [1.29, 1.82) is 0 Å². The Morgan fingerprint density at radius 2 is 0.879 bits per heavy atom. The van der Waals surface area contributed by atoms with Crippen LogP contribution in [0, 0.1) is 45.3 Å². The Morgan fingerprint density at radius 3 is 1.26 bits per heavy atom. The lowest BCUT2D eigenvalue weighted by Gasteiger charge is -2.48. The molecule has 5 aromatic carbocycles. The van der Waals surface area contributed by atoms with Crippen LogP contribution in [-0.4, -0.2) is 25.4 Å². The van der Waals surface area contributed by atoms with Crippen LogP contribution < -0.4 is 0 Å². The van der Waals surface area contributed by atoms with Crippen molar-refractivity contribution in [3.05, 3.63) is 95.6 Å². The second kappa shape index (κ2) is 15.0. The quantitative estimate of drug-likeness (QED) is 0.131. The first-order valence-corrected chi connectivity index (χ1v) is 22.2. The number of fused-ring (bicyclic) bond motifs is 4. The van der Waals surface area contributed by atoms with Gasteiger partial charge in [0.15, 0.2) is 0 Å². The average Bonchev–Trinajstić information content (AvgIpc) is 3.49. The molecule has 0 saturated carbocycles. The number of benzene rings is 5. The maximum atomic E-state index is 6.50. The highest BCUT2D eigenvalue weighted by atomic mass is 32.2. The van der Waals surface area contributed by atoms with E-state index < -0.39 is 11.2 Å². The predicted octanol–water partition coefficient (Wildman–Crippen LogP) is 15.5. The molecule has 1 heterocycles. The van der Waals surface area contributed by atoms with Gasteiger partial charge in [-0.15, -0.1) is 11.3 Å². The van der Waals surface area contributed by atoms with Gasteiger partial charge in [-0.25, -0.2) is 0 Å². The van der Waals surface area contributed by atoms with Crippen LogP contribution in [0.1, 0.15) is 121 Å². The third-order valence-electron chi connectivity index (χ3n) is 12.1. The molecule has 6 aromatic rings. The van der Waals surface area contributed by atoms with E-state index in [2.05, 4.69) is 206 Å². The summed E-state index contributed by atoms with van der Waals surface area (Å²) >= 11 is 3.66. The van der Waals surface area contributed by atoms with Gasteiger partial charge < -0.3 is 9.47 Å². The lowest BCUT2D eigenvalue weighted by Crippen LogP contribution is -2.53. The number of methoxy groups -OCH3 is 2. The Morgan fingerprint density at radius 1 is 0.483 bits per heavy atom. The first kappa shape index (κ1) is 43.8. The van der Waals surface area contributed by atoms with Crippen molar-refractivity contribution in [2.24, 2.45) is 21.7 Å². The number of hydrogen-bond donors (Lipinski definition) is 0. The van der Waals surface area contributed by atoms with Gasteiger partial charge in [0, 0.05) is 62.0 Å². The molecule has 6 rings (SSSR count). The molecular formula is C54H64O2S2. The van der Waals surface area contributed by atoms with E-state index in [4.69, 9.17) is 9.47 Å². The van der Waals surface area contributed by atoms with Crippen molar-refractivity contribution in [3.63, 3.8) is 0 Å². The number of thiophene rings is 1. The molecule has 0 atom stereocenters. The summed E-state index contributed by atoms with van der Waals surface area (Å²) in [6, 6.07) is 29.4. The number of rotatable bonds is 4. The minimum Gasteiger partial charge on any atom is -0.364 e. The van der Waals surface area contributed by atoms with Crippen LogP contribution in [0.15, 0.2) is 88.0 Å². The molecule has 0 radical (unpaired) electrons. The standard InChI is InChI=1S/C54H64O2S2/c1-48(2,3)38-22-24-39(25-23-38)57-47-33-37-32-44-40(26-28-53(55-16,49(4,5)6)50(7,8)9)42-30-35-20-18-19-21-36(35)31-43(42)41(45(44)34-46(37)58-47)27-29-54(56-17,51(10,11)12)52(13,14)15/h18-25,30-34H,1-17H3. The Bertz CT molecular complexity index is 2450. The normalized spacial score (nSPS) is 13.5. The summed E-state index contributed by atoms with van der Waals surface area (Å²) in [6.45, 7) is 33.6. The van der Waals surface area contributed by atoms with Crippen molar-refractivity contribution < 1.29 is 9.47 Å². The molecule has 0 saturated heterocycles. The Kier molecular flexibility index (Phi) is 11.4. The van der Waals surface area contributed by atoms with Crippen molar-refractivity contribution >= 4 is 65.5 Å². The molecule has 0 spiro atoms. The SMILES string of the molecule is COC(C#Cc1c2cc3ccccc3cc2c(C#CC(OC)(C(C)(C)C)C(C)(C)C)c2cc3sc(Sc4ccc(C(C)(C)C)cc4)cc3cc12)(C(C)(C)C)C(C)(C)C. The summed E-state index contributed by atoms with van der Waals surface area (Å²) in [4.78, 5) is 1.24. The fourth-order valence-corrected chi connectivity index (χ4v) is 11.7. The maximum absolute atomic E-state index is 6.50. The minimum absolute atomic E-state index is 0.114. The molecule has 58 heavy (non-hydrogen) atoms. The summed E-state index contributed by atoms with van der Waals surface area (Å²) in [5, 5.41) is 7.92. The third kappa shape index (κ3) is 7.72. The van der Waals surface area contributed by atoms with Crippen LogP contribution in [0.2, 0.25) is 0 Å². The first-order valence-electron chi connectivity index (χ1n) is 20.6. The maximum Gasteiger partial charge on any atom is 0.138 e. The highest BCUT2D eigenvalue weighted by molar-refractivity contribution is 8.01. The fraction of sp³-hybridized carbons (Fsp3) is 0.444. The molecule has 0 amide bonds. The monoisotopic (exact) mass is 808 g/mol. The van der Waals surface area contributed by atoms with Crippen LogP contribution >= 0.6 is 23.1 Å². The van der Waals surface area contributed by atoms with E-state index in [1.54, 1.807) is 0 Å². The van der Waals surface area contributed by atoms with Gasteiger partial charge >= 0.3 is 0 Å². The van der Waals surface area contributed by atoms with E-state index in [0.29, 0.717) is 0 Å². The van der Waals surface area contributed by atoms with E-state index in [-0.39, 0.29) is 27.1 Å². The second-order valence-corrected chi connectivity index (χ2v) is 23.6. The van der Waals surface area contributed by atoms with Crippen molar-refractivity contribution in [2.45, 2.75) is 130 Å². The molecule has 0 aliphatic carbocycles. The van der Waals surface area contributed by atoms with Crippen LogP contribution in [-0.2, 0) is 14.9 Å². The first-order chi connectivity index (χ1) is 26.8. The van der Waals surface area contributed by atoms with Crippen molar-refractivity contribution in [1.82, 2.24) is 0 Å². The van der Waals surface area contributed by atoms with E-state index >= 15 is 0 Å². The van der Waals surface area contributed by atoms with E-state index in [9.17, 15) is 0 Å². The van der Waals surface area contributed by atoms with Crippen molar-refractivity contribution in [2.75, 3.05) is 14.2 Å². The highest BCUT2D eigenvalue weighted by Crippen LogP contribution is 2.49. The third-order valence-corrected chi connectivity index (χ3v) is 14.3. The summed E-state index contributed by atoms with van der Waals surface area (Å²) < 4.78 is 15.5. The van der Waals surface area contributed by atoms with Crippen LogP contribution in [0.3, 0.4) is 0 Å². The summed E-state index contributed by atoms with van der Waals surface area (Å²) in [5.41, 5.74) is 0.932. The molecule has 0 aliphatic heterocycles. The summed E-state index contributed by atoms with van der Waals surface area (Å²) in [7, 11) is 3.62. The predicted molar refractivity (Wildman–Crippen MR) is 255 cm³/mol. The van der Waals surface area contributed by atoms with Crippen LogP contribution in [0.25, 0.3) is 42.4 Å². The Balaban J connectivity index is 1.75. The molecule has 1 aromatic heterocycles. The zero-order valence-electron chi connectivity index (χ0n) is 38.1. The largest absolute Gasteiger partial charge is 0.364 e. The molecule has 0 bridgehead atoms. The molecule has 4 heteroatoms. The summed E-state index contributed by atoms with van der Waals surface area (Å²) in [5.74, 6) is 15.3. The molecular weight excluding hydrogens is 745 g/mol. The van der Waals surface area contributed by atoms with Gasteiger partial charge in [0.05, 0.1) is 4.21 Å². The minimum atomic E-state index is -0.732. The van der Waals surface area contributed by atoms with Gasteiger partial charge in [0.2, 0.25) is 0 Å². The zero-order valence-corrected chi connectivity index (χ0v) is 39.8. The molecule has 2 nitrogen and oxygen atoms in total. The van der Waals surface area contributed by atoms with Gasteiger partial charge in [-0.3, -0.25) is 0 Å². The smallest absolute Gasteiger partial charge is 0.138 e. The number of hydrogen-bond acceptors (Lipinski definition) is 4. The Labute approximate surface area is 357 Å². The average molecular weight is 809 g/mol. The molecule has 0 aliphatic rings. The highest BCUT2D eigenvalue weighted by Gasteiger charge is 2.51. The van der Waals surface area contributed by atoms with Crippen LogP contribution in [0.5, 0.6) is 0 Å². The summed E-state index contributed by atoms with van der Waals surface area (Å²) in [6.07, 6.45) is 0. The van der Waals surface area contributed by atoms with Gasteiger partial charge in [0.25, 0.3) is 0 Å².